The first kappa shape index (κ1) is 56.9. The number of imidazole rings is 1. The largest absolute Gasteiger partial charge is 0.422 e. The van der Waals surface area contributed by atoms with E-state index in [-0.39, 0.29) is 55.1 Å². The van der Waals surface area contributed by atoms with Crippen molar-refractivity contribution >= 4 is 88.3 Å². The van der Waals surface area contributed by atoms with E-state index in [1.807, 2.05) is 60.7 Å². The first-order valence-electron chi connectivity index (χ1n) is 31.2. The molecule has 0 radical (unpaired) electrons. The van der Waals surface area contributed by atoms with Crippen molar-refractivity contribution in [2.45, 2.75) is 161 Å². The summed E-state index contributed by atoms with van der Waals surface area (Å²) in [7, 11) is 0. The van der Waals surface area contributed by atoms with Gasteiger partial charge in [0.05, 0.1) is 26.8 Å². The van der Waals surface area contributed by atoms with Gasteiger partial charge in [-0.15, -0.1) is 11.3 Å². The molecular weight excluding hydrogens is 1100 g/mol. The first-order valence-corrected chi connectivity index (χ1v) is 32.0. The SMILES string of the molecule is CC(=O)c1cc2cc3c4c(c2oc1=O)C(C)(C)CCN4CCC3(C)C.CC1(C)CCN2CCC(C)(C)c3c2c1cc1cc(-c2nc4ccccc4[nH]2)c(=O)oc31.CC1(C)CCN2CCC(C)(C)c3c2c1cc1cc(-c2nc4ccccc4s2)c(=O)oc31. The van der Waals surface area contributed by atoms with Gasteiger partial charge in [0.15, 0.2) is 5.78 Å². The predicted octanol–water partition coefficient (Wildman–Crippen LogP) is 15.9. The van der Waals surface area contributed by atoms with Crippen molar-refractivity contribution in [3.8, 4) is 22.0 Å². The molecule has 16 rings (SSSR count). The molecule has 0 amide bonds. The van der Waals surface area contributed by atoms with Crippen LogP contribution < -0.4 is 31.6 Å². The quantitative estimate of drug-likeness (QED) is 0.132. The summed E-state index contributed by atoms with van der Waals surface area (Å²) in [4.78, 5) is 70.5. The molecule has 0 fully saturated rings. The lowest BCUT2D eigenvalue weighted by Gasteiger charge is -2.48. The van der Waals surface area contributed by atoms with Crippen molar-refractivity contribution in [1.82, 2.24) is 15.0 Å². The number of aromatic nitrogens is 3. The Morgan fingerprint density at radius 3 is 1.31 bits per heavy atom. The number of Topliss-reactive ketones (excluding diaryl/α,β-unsaturated/α-hetero) is 1. The number of aromatic amines is 1. The molecule has 0 aliphatic carbocycles. The number of benzene rings is 5. The van der Waals surface area contributed by atoms with Gasteiger partial charge in [0.1, 0.15) is 38.7 Å². The highest BCUT2D eigenvalue weighted by molar-refractivity contribution is 7.21. The summed E-state index contributed by atoms with van der Waals surface area (Å²) in [6.07, 6.45) is 6.49. The van der Waals surface area contributed by atoms with Crippen LogP contribution in [-0.2, 0) is 32.5 Å². The van der Waals surface area contributed by atoms with Gasteiger partial charge in [-0.1, -0.05) is 107 Å². The minimum Gasteiger partial charge on any atom is -0.422 e. The van der Waals surface area contributed by atoms with E-state index < -0.39 is 5.63 Å². The molecule has 0 spiro atoms. The summed E-state index contributed by atoms with van der Waals surface area (Å²) in [6.45, 7) is 35.1. The van der Waals surface area contributed by atoms with Gasteiger partial charge in [-0.3, -0.25) is 4.79 Å². The maximum absolute atomic E-state index is 13.2. The molecule has 448 valence electrons. The third-order valence-electron chi connectivity index (χ3n) is 20.7. The highest BCUT2D eigenvalue weighted by Gasteiger charge is 2.45. The lowest BCUT2D eigenvalue weighted by Crippen LogP contribution is -2.44. The molecule has 13 nitrogen and oxygen atoms in total. The van der Waals surface area contributed by atoms with Gasteiger partial charge in [-0.25, -0.2) is 24.4 Å². The fourth-order valence-electron chi connectivity index (χ4n) is 15.1. The van der Waals surface area contributed by atoms with Crippen LogP contribution in [0.25, 0.3) is 76.1 Å². The Hall–Kier alpha value is -7.84. The monoisotopic (exact) mass is 1180 g/mol. The molecule has 0 saturated heterocycles. The number of hydrogen-bond donors (Lipinski definition) is 1. The molecule has 87 heavy (non-hydrogen) atoms. The zero-order valence-electron chi connectivity index (χ0n) is 52.6. The molecule has 0 saturated carbocycles. The smallest absolute Gasteiger partial charge is 0.347 e. The number of nitrogens with zero attached hydrogens (tertiary/aromatic N) is 5. The van der Waals surface area contributed by atoms with Crippen LogP contribution in [0.1, 0.15) is 172 Å². The van der Waals surface area contributed by atoms with Crippen molar-refractivity contribution in [2.75, 3.05) is 54.0 Å². The van der Waals surface area contributed by atoms with Crippen molar-refractivity contribution in [3.05, 3.63) is 155 Å². The second kappa shape index (κ2) is 19.6. The number of fused-ring (bicyclic) bond motifs is 8. The van der Waals surface area contributed by atoms with E-state index in [2.05, 4.69) is 126 Å². The summed E-state index contributed by atoms with van der Waals surface area (Å²) in [5.41, 5.74) is 16.3. The molecule has 0 atom stereocenters. The number of ketones is 1. The van der Waals surface area contributed by atoms with Crippen molar-refractivity contribution in [1.29, 1.82) is 0 Å². The molecule has 6 aliphatic rings. The molecule has 0 bridgehead atoms. The van der Waals surface area contributed by atoms with Crippen LogP contribution in [0.15, 0.2) is 113 Å². The summed E-state index contributed by atoms with van der Waals surface area (Å²) < 4.78 is 19.0. The number of carbonyl (C=O) groups excluding carboxylic acids is 1. The van der Waals surface area contributed by atoms with Gasteiger partial charge in [0.2, 0.25) is 0 Å². The van der Waals surface area contributed by atoms with Crippen molar-refractivity contribution in [2.24, 2.45) is 0 Å². The number of H-pyrrole nitrogens is 1. The lowest BCUT2D eigenvalue weighted by atomic mass is 9.69. The minimum absolute atomic E-state index is 0.0408. The highest BCUT2D eigenvalue weighted by Crippen LogP contribution is 2.55. The predicted molar refractivity (Wildman–Crippen MR) is 354 cm³/mol. The standard InChI is InChI=1S/C26H27N3O2.C26H26N2O2S.C21H25NO3/c1-25(2)9-11-29-12-10-26(3,4)20-21(29)17(25)14-15-13-16(24(30)31-22(15)20)23-27-18-7-5-6-8-19(18)28-23;1-25(2)9-11-28-12-10-26(3,4)20-21(28)17(25)14-15-13-16(24(29)30-22(15)20)23-27-18-7-5-6-8-19(18)31-23;1-12(23)14-10-13-11-15-17-16(18(13)25-19(14)24)21(4,5)7-9-22(17)8-6-20(15,2)3/h5-8,13-14H,9-12H2,1-4H3,(H,27,28);5-8,13-14H,9-12H2,1-4H3;10-11H,6-9H2,1-5H3. The average molecular weight is 1180 g/mol. The van der Waals surface area contributed by atoms with Crippen LogP contribution in [0, 0.1) is 0 Å². The summed E-state index contributed by atoms with van der Waals surface area (Å²) in [6, 6.07) is 28.2. The lowest BCUT2D eigenvalue weighted by molar-refractivity contribution is 0.101. The fourth-order valence-corrected chi connectivity index (χ4v) is 16.1. The second-order valence-electron chi connectivity index (χ2n) is 29.5. The van der Waals surface area contributed by atoms with Crippen LogP contribution in [-0.4, -0.2) is 60.0 Å². The Bertz CT molecular complexity index is 4470. The van der Waals surface area contributed by atoms with Gasteiger partial charge >= 0.3 is 16.9 Å². The number of nitrogens with one attached hydrogen (secondary N) is 1. The van der Waals surface area contributed by atoms with Crippen LogP contribution in [0.3, 0.4) is 0 Å². The number of hydrogen-bond acceptors (Lipinski definition) is 13. The maximum Gasteiger partial charge on any atom is 0.347 e. The van der Waals surface area contributed by atoms with E-state index in [0.29, 0.717) is 22.5 Å². The van der Waals surface area contributed by atoms with E-state index in [1.54, 1.807) is 17.4 Å². The first-order chi connectivity index (χ1) is 41.1. The highest BCUT2D eigenvalue weighted by atomic mass is 32.1. The van der Waals surface area contributed by atoms with Crippen LogP contribution in [0.2, 0.25) is 0 Å². The topological polar surface area (TPSA) is 159 Å². The third kappa shape index (κ3) is 9.19. The minimum atomic E-state index is -0.529. The zero-order valence-corrected chi connectivity index (χ0v) is 53.4. The van der Waals surface area contributed by atoms with Gasteiger partial charge in [-0.05, 0) is 155 Å². The summed E-state index contributed by atoms with van der Waals surface area (Å²) in [5.74, 6) is 0.311. The fraction of sp³-hybridized carbons (Fsp3) is 0.425. The molecule has 14 heteroatoms. The molecule has 5 aromatic heterocycles. The molecule has 0 unspecified atom stereocenters. The number of carbonyl (C=O) groups is 1. The van der Waals surface area contributed by atoms with Gasteiger partial charge in [-0.2, -0.15) is 0 Å². The number of para-hydroxylation sites is 3. The second-order valence-corrected chi connectivity index (χ2v) is 30.5. The van der Waals surface area contributed by atoms with E-state index in [1.165, 1.54) is 51.8 Å². The number of anilines is 3. The molecule has 6 aliphatic heterocycles. The van der Waals surface area contributed by atoms with Crippen LogP contribution in [0.4, 0.5) is 17.1 Å². The zero-order chi connectivity index (χ0) is 61.2. The van der Waals surface area contributed by atoms with Gasteiger partial charge < -0.3 is 32.9 Å². The van der Waals surface area contributed by atoms with Crippen LogP contribution >= 0.6 is 11.3 Å². The molecule has 11 heterocycles. The normalized spacial score (nSPS) is 19.4. The number of thiazole rings is 1. The molecular formula is C73H78N6O7S. The van der Waals surface area contributed by atoms with Crippen molar-refractivity contribution < 1.29 is 18.0 Å². The van der Waals surface area contributed by atoms with E-state index in [9.17, 15) is 19.2 Å². The molecule has 5 aromatic carbocycles. The summed E-state index contributed by atoms with van der Waals surface area (Å²) >= 11 is 1.54. The molecule has 1 N–H and O–H groups in total. The Kier molecular flexibility index (Phi) is 12.8. The van der Waals surface area contributed by atoms with Gasteiger partial charge in [0, 0.05) is 89.2 Å². The van der Waals surface area contributed by atoms with E-state index >= 15 is 0 Å². The Balaban J connectivity index is 0.000000116. The van der Waals surface area contributed by atoms with E-state index in [0.717, 1.165) is 137 Å². The van der Waals surface area contributed by atoms with E-state index in [4.69, 9.17) is 18.2 Å². The summed E-state index contributed by atoms with van der Waals surface area (Å²) in [5, 5.41) is 3.58. The van der Waals surface area contributed by atoms with Gasteiger partial charge in [0.25, 0.3) is 0 Å². The Morgan fingerprint density at radius 1 is 0.471 bits per heavy atom. The van der Waals surface area contributed by atoms with Crippen LogP contribution in [0.5, 0.6) is 0 Å². The Morgan fingerprint density at radius 2 is 0.862 bits per heavy atom. The average Bonchev–Trinajstić information content (AvgIpc) is 1.78. The Labute approximate surface area is 510 Å². The third-order valence-corrected chi connectivity index (χ3v) is 21.8. The molecule has 10 aromatic rings. The van der Waals surface area contributed by atoms with Crippen molar-refractivity contribution in [3.63, 3.8) is 0 Å². The number of rotatable bonds is 3. The maximum atomic E-state index is 13.2.